The van der Waals surface area contributed by atoms with E-state index in [1.807, 2.05) is 6.07 Å². The van der Waals surface area contributed by atoms with Gasteiger partial charge >= 0.3 is 0 Å². The molecule has 0 bridgehead atoms. The van der Waals surface area contributed by atoms with Crippen LogP contribution in [0.4, 0.5) is 11.4 Å². The van der Waals surface area contributed by atoms with Gasteiger partial charge in [-0.05, 0) is 43.3 Å². The molecule has 124 valence electrons. The van der Waals surface area contributed by atoms with Gasteiger partial charge in [0.2, 0.25) is 0 Å². The molecule has 7 heteroatoms. The van der Waals surface area contributed by atoms with E-state index in [0.717, 1.165) is 0 Å². The number of amides is 1. The molecule has 2 aromatic rings. The van der Waals surface area contributed by atoms with Crippen LogP contribution in [0.15, 0.2) is 70.0 Å². The lowest BCUT2D eigenvalue weighted by Gasteiger charge is -2.12. The van der Waals surface area contributed by atoms with Gasteiger partial charge in [0, 0.05) is 5.69 Å². The summed E-state index contributed by atoms with van der Waals surface area (Å²) >= 11 is 0. The van der Waals surface area contributed by atoms with E-state index in [4.69, 9.17) is 4.74 Å². The van der Waals surface area contributed by atoms with Gasteiger partial charge in [0.05, 0.1) is 12.8 Å². The van der Waals surface area contributed by atoms with Gasteiger partial charge in [-0.1, -0.05) is 23.4 Å². The van der Waals surface area contributed by atoms with Crippen LogP contribution in [-0.2, 0) is 4.79 Å². The average molecular weight is 326 g/mol. The van der Waals surface area contributed by atoms with Gasteiger partial charge < -0.3 is 10.1 Å². The van der Waals surface area contributed by atoms with Crippen molar-refractivity contribution in [2.75, 3.05) is 12.4 Å². The van der Waals surface area contributed by atoms with Crippen LogP contribution in [0.3, 0.4) is 0 Å². The molecule has 2 aromatic carbocycles. The molecule has 0 saturated heterocycles. The Kier molecular flexibility index (Phi) is 6.13. The predicted octanol–water partition coefficient (Wildman–Crippen LogP) is 3.94. The van der Waals surface area contributed by atoms with Crippen LogP contribution in [0.1, 0.15) is 6.92 Å². The number of anilines is 1. The third-order valence-electron chi connectivity index (χ3n) is 3.31. The summed E-state index contributed by atoms with van der Waals surface area (Å²) < 4.78 is 5.06. The molecule has 1 N–H and O–H groups in total. The van der Waals surface area contributed by atoms with Crippen molar-refractivity contribution in [1.82, 2.24) is 0 Å². The molecule has 7 nitrogen and oxygen atoms in total. The second-order valence-electron chi connectivity index (χ2n) is 5.06. The maximum Gasteiger partial charge on any atom is 0.255 e. The quantitative estimate of drug-likeness (QED) is 0.617. The van der Waals surface area contributed by atoms with Crippen molar-refractivity contribution >= 4 is 17.3 Å². The van der Waals surface area contributed by atoms with E-state index in [9.17, 15) is 9.70 Å². The number of para-hydroxylation sites is 1. The van der Waals surface area contributed by atoms with E-state index in [-0.39, 0.29) is 0 Å². The van der Waals surface area contributed by atoms with Gasteiger partial charge in [0.1, 0.15) is 11.8 Å². The number of nitrogens with zero attached hydrogens (tertiary/aromatic N) is 3. The van der Waals surface area contributed by atoms with Crippen molar-refractivity contribution in [3.63, 3.8) is 0 Å². The van der Waals surface area contributed by atoms with Crippen molar-refractivity contribution in [2.45, 2.75) is 19.0 Å². The first-order valence-electron chi connectivity index (χ1n) is 7.37. The largest absolute Gasteiger partial charge is 0.497 e. The molecular weight excluding hydrogens is 308 g/mol. The molecule has 0 saturated carbocycles. The number of nitrogens with one attached hydrogen (secondary N) is 1. The molecule has 0 heterocycles. The maximum absolute atomic E-state index is 12.2. The van der Waals surface area contributed by atoms with Gasteiger partial charge in [-0.15, -0.1) is 4.91 Å². The molecule has 0 aromatic heterocycles. The van der Waals surface area contributed by atoms with E-state index in [1.165, 1.54) is 0 Å². The molecule has 1 amide bonds. The monoisotopic (exact) mass is 326 g/mol. The number of carbonyl (C=O) groups is 1. The molecule has 2 rings (SSSR count). The third-order valence-corrected chi connectivity index (χ3v) is 3.31. The van der Waals surface area contributed by atoms with Gasteiger partial charge in [0.15, 0.2) is 6.04 Å². The number of benzene rings is 2. The number of ether oxygens (including phenoxy) is 1. The highest BCUT2D eigenvalue weighted by Crippen LogP contribution is 2.19. The summed E-state index contributed by atoms with van der Waals surface area (Å²) in [6, 6.07) is 13.9. The summed E-state index contributed by atoms with van der Waals surface area (Å²) in [5.74, 6) is 0.189. The lowest BCUT2D eigenvalue weighted by Crippen LogP contribution is -2.33. The second-order valence-corrected chi connectivity index (χ2v) is 5.06. The Morgan fingerprint density at radius 2 is 1.75 bits per heavy atom. The minimum absolute atomic E-state index is 0.516. The average Bonchev–Trinajstić information content (AvgIpc) is 2.62. The Morgan fingerprint density at radius 3 is 2.33 bits per heavy atom. The molecule has 24 heavy (non-hydrogen) atoms. The molecule has 0 aliphatic rings. The number of carbonyl (C=O) groups excluding carboxylic acids is 1. The zero-order valence-electron chi connectivity index (χ0n) is 13.4. The lowest BCUT2D eigenvalue weighted by atomic mass is 10.1. The fourth-order valence-electron chi connectivity index (χ4n) is 1.96. The maximum atomic E-state index is 12.2. The molecular formula is C17H18N4O3. The van der Waals surface area contributed by atoms with Crippen LogP contribution in [0.5, 0.6) is 5.75 Å². The Hall–Kier alpha value is -3.09. The summed E-state index contributed by atoms with van der Waals surface area (Å²) in [5, 5.41) is 13.6. The topological polar surface area (TPSA) is 92.5 Å². The smallest absolute Gasteiger partial charge is 0.255 e. The SMILES string of the molecule is COc1ccc(N=NC(C)C(N=O)C(=O)Nc2ccccc2)cc1. The Balaban J connectivity index is 2.01. The first kappa shape index (κ1) is 17.3. The van der Waals surface area contributed by atoms with E-state index in [2.05, 4.69) is 20.7 Å². The number of rotatable bonds is 7. The first-order chi connectivity index (χ1) is 11.6. The Morgan fingerprint density at radius 1 is 1.08 bits per heavy atom. The van der Waals surface area contributed by atoms with E-state index in [0.29, 0.717) is 17.1 Å². The molecule has 0 spiro atoms. The highest BCUT2D eigenvalue weighted by molar-refractivity contribution is 5.95. The predicted molar refractivity (Wildman–Crippen MR) is 91.6 cm³/mol. The first-order valence-corrected chi connectivity index (χ1v) is 7.37. The van der Waals surface area contributed by atoms with Gasteiger partial charge in [-0.3, -0.25) is 4.79 Å². The fraction of sp³-hybridized carbons (Fsp3) is 0.235. The standard InChI is InChI=1S/C17H18N4O3/c1-12(19-20-14-8-10-15(24-2)11-9-14)16(21-23)17(22)18-13-6-4-3-5-7-13/h3-12,16H,1-2H3,(H,18,22). The summed E-state index contributed by atoms with van der Waals surface area (Å²) in [5.41, 5.74) is 1.19. The molecule has 0 fully saturated rings. The molecule has 0 aliphatic carbocycles. The number of hydrogen-bond acceptors (Lipinski definition) is 6. The number of nitroso groups, excluding NO2 is 1. The molecule has 0 radical (unpaired) electrons. The number of azo groups is 1. The van der Waals surface area contributed by atoms with E-state index >= 15 is 0 Å². The second kappa shape index (κ2) is 8.52. The van der Waals surface area contributed by atoms with Crippen LogP contribution < -0.4 is 10.1 Å². The minimum Gasteiger partial charge on any atom is -0.497 e. The fourth-order valence-corrected chi connectivity index (χ4v) is 1.96. The third kappa shape index (κ3) is 4.70. The van der Waals surface area contributed by atoms with Crippen LogP contribution in [0.2, 0.25) is 0 Å². The Bertz CT molecular complexity index is 702. The van der Waals surface area contributed by atoms with Crippen molar-refractivity contribution in [3.05, 3.63) is 59.5 Å². The van der Waals surface area contributed by atoms with Gasteiger partial charge in [0.25, 0.3) is 5.91 Å². The van der Waals surface area contributed by atoms with E-state index in [1.54, 1.807) is 62.6 Å². The number of hydrogen-bond donors (Lipinski definition) is 1. The lowest BCUT2D eigenvalue weighted by molar-refractivity contribution is -0.117. The normalized spacial score (nSPS) is 13.2. The minimum atomic E-state index is -1.16. The van der Waals surface area contributed by atoms with Crippen LogP contribution >= 0.6 is 0 Å². The highest BCUT2D eigenvalue weighted by atomic mass is 16.5. The molecule has 2 atom stereocenters. The highest BCUT2D eigenvalue weighted by Gasteiger charge is 2.26. The molecule has 0 aliphatic heterocycles. The summed E-state index contributed by atoms with van der Waals surface area (Å²) in [6.07, 6.45) is 0. The zero-order valence-corrected chi connectivity index (χ0v) is 13.4. The summed E-state index contributed by atoms with van der Waals surface area (Å²) in [4.78, 5) is 23.2. The summed E-state index contributed by atoms with van der Waals surface area (Å²) in [6.45, 7) is 1.61. The van der Waals surface area contributed by atoms with Gasteiger partial charge in [-0.25, -0.2) is 0 Å². The number of methoxy groups -OCH3 is 1. The van der Waals surface area contributed by atoms with Crippen molar-refractivity contribution in [2.24, 2.45) is 15.4 Å². The summed E-state index contributed by atoms with van der Waals surface area (Å²) in [7, 11) is 1.57. The molecule has 2 unspecified atom stereocenters. The van der Waals surface area contributed by atoms with Crippen LogP contribution in [-0.4, -0.2) is 25.1 Å². The van der Waals surface area contributed by atoms with Crippen molar-refractivity contribution in [3.8, 4) is 5.75 Å². The van der Waals surface area contributed by atoms with Crippen LogP contribution in [0.25, 0.3) is 0 Å². The van der Waals surface area contributed by atoms with Gasteiger partial charge in [-0.2, -0.15) is 10.2 Å². The Labute approximate surface area is 139 Å². The zero-order chi connectivity index (χ0) is 17.4. The van der Waals surface area contributed by atoms with Crippen molar-refractivity contribution in [1.29, 1.82) is 0 Å². The van der Waals surface area contributed by atoms with Crippen molar-refractivity contribution < 1.29 is 9.53 Å². The van der Waals surface area contributed by atoms with Crippen LogP contribution in [0, 0.1) is 4.91 Å². The van der Waals surface area contributed by atoms with E-state index < -0.39 is 18.0 Å².